The van der Waals surface area contributed by atoms with E-state index in [2.05, 4.69) is 22.1 Å². The fourth-order valence-electron chi connectivity index (χ4n) is 1.60. The molecule has 102 valence electrons. The third-order valence-electron chi connectivity index (χ3n) is 2.58. The number of carbonyl (C=O) groups excluding carboxylic acids is 1. The molecule has 2 N–H and O–H groups in total. The number of rotatable bonds is 6. The van der Waals surface area contributed by atoms with Crippen LogP contribution in [0.25, 0.3) is 0 Å². The summed E-state index contributed by atoms with van der Waals surface area (Å²) < 4.78 is 0. The van der Waals surface area contributed by atoms with Crippen LogP contribution in [0.5, 0.6) is 0 Å². The number of hydrogen-bond acceptors (Lipinski definition) is 4. The van der Waals surface area contributed by atoms with E-state index in [9.17, 15) is 9.59 Å². The van der Waals surface area contributed by atoms with Crippen LogP contribution in [-0.4, -0.2) is 33.2 Å². The first-order valence-electron chi connectivity index (χ1n) is 5.97. The van der Waals surface area contributed by atoms with Gasteiger partial charge in [0.2, 0.25) is 0 Å². The molecule has 0 saturated carbocycles. The molecule has 0 aliphatic rings. The van der Waals surface area contributed by atoms with Gasteiger partial charge in [-0.1, -0.05) is 13.0 Å². The van der Waals surface area contributed by atoms with Crippen LogP contribution in [-0.2, 0) is 11.2 Å². The summed E-state index contributed by atoms with van der Waals surface area (Å²) in [7, 11) is 0. The third kappa shape index (κ3) is 3.87. The molecule has 6 nitrogen and oxygen atoms in total. The molecule has 0 aliphatic carbocycles. The zero-order valence-electron chi connectivity index (χ0n) is 11.0. The Morgan fingerprint density at radius 2 is 2.21 bits per heavy atom. The van der Waals surface area contributed by atoms with Gasteiger partial charge in [0.1, 0.15) is 6.04 Å². The molecule has 1 aromatic rings. The summed E-state index contributed by atoms with van der Waals surface area (Å²) in [4.78, 5) is 23.1. The molecule has 1 atom stereocenters. The average molecular weight is 263 g/mol. The number of carboxylic acid groups (broad SMARTS) is 1. The summed E-state index contributed by atoms with van der Waals surface area (Å²) in [6.07, 6.45) is 2.17. The largest absolute Gasteiger partial charge is 0.480 e. The molecule has 0 aromatic carbocycles. The summed E-state index contributed by atoms with van der Waals surface area (Å²) >= 11 is 0. The van der Waals surface area contributed by atoms with Crippen molar-refractivity contribution in [1.29, 1.82) is 0 Å². The highest BCUT2D eigenvalue weighted by molar-refractivity contribution is 5.97. The van der Waals surface area contributed by atoms with Crippen LogP contribution in [0.3, 0.4) is 0 Å². The van der Waals surface area contributed by atoms with Crippen LogP contribution in [0.1, 0.15) is 35.1 Å². The lowest BCUT2D eigenvalue weighted by molar-refractivity contribution is -0.139. The van der Waals surface area contributed by atoms with E-state index in [1.807, 2.05) is 6.92 Å². The zero-order chi connectivity index (χ0) is 14.4. The summed E-state index contributed by atoms with van der Waals surface area (Å²) in [5.41, 5.74) is 1.52. The maximum Gasteiger partial charge on any atom is 0.326 e. The summed E-state index contributed by atoms with van der Waals surface area (Å²) in [6.45, 7) is 7.05. The molecule has 0 fully saturated rings. The highest BCUT2D eigenvalue weighted by Gasteiger charge is 2.21. The van der Waals surface area contributed by atoms with Crippen LogP contribution in [0.4, 0.5) is 0 Å². The van der Waals surface area contributed by atoms with Crippen LogP contribution >= 0.6 is 0 Å². The Bertz CT molecular complexity index is 500. The smallest absolute Gasteiger partial charge is 0.326 e. The molecular formula is C13H17N3O3. The molecular weight excluding hydrogens is 246 g/mol. The van der Waals surface area contributed by atoms with Crippen LogP contribution in [0.15, 0.2) is 18.7 Å². The Morgan fingerprint density at radius 1 is 1.53 bits per heavy atom. The number of hydrogen-bond donors (Lipinski definition) is 2. The van der Waals surface area contributed by atoms with Gasteiger partial charge in [0, 0.05) is 0 Å². The lowest BCUT2D eigenvalue weighted by Gasteiger charge is -2.14. The molecule has 19 heavy (non-hydrogen) atoms. The van der Waals surface area contributed by atoms with E-state index < -0.39 is 17.9 Å². The van der Waals surface area contributed by atoms with Crippen molar-refractivity contribution in [1.82, 2.24) is 15.5 Å². The van der Waals surface area contributed by atoms with Gasteiger partial charge in [-0.15, -0.1) is 6.58 Å². The van der Waals surface area contributed by atoms with E-state index in [-0.39, 0.29) is 6.42 Å². The van der Waals surface area contributed by atoms with Gasteiger partial charge in [-0.05, 0) is 25.8 Å². The maximum absolute atomic E-state index is 12.1. The predicted octanol–water partition coefficient (Wildman–Crippen LogP) is 1.11. The second-order valence-electron chi connectivity index (χ2n) is 4.09. The minimum atomic E-state index is -1.09. The fraction of sp³-hybridized carbons (Fsp3) is 0.385. The first-order chi connectivity index (χ1) is 8.99. The molecule has 1 amide bonds. The number of nitrogens with zero attached hydrogens (tertiary/aromatic N) is 2. The lowest BCUT2D eigenvalue weighted by Crippen LogP contribution is -2.40. The van der Waals surface area contributed by atoms with Crippen molar-refractivity contribution in [3.8, 4) is 0 Å². The number of amides is 1. The second-order valence-corrected chi connectivity index (χ2v) is 4.09. The van der Waals surface area contributed by atoms with Crippen molar-refractivity contribution in [2.24, 2.45) is 0 Å². The standard InChI is InChI=1S/C13H17N3O3/c1-4-6-11(13(18)19)14-12(17)9-7-8(3)15-16-10(9)5-2/h4,7,11H,1,5-6H2,2-3H3,(H,14,17)(H,18,19). The number of carbonyl (C=O) groups is 2. The molecule has 1 heterocycles. The minimum absolute atomic E-state index is 0.167. The maximum atomic E-state index is 12.1. The van der Waals surface area contributed by atoms with Gasteiger partial charge in [0.05, 0.1) is 17.0 Å². The van der Waals surface area contributed by atoms with Crippen LogP contribution in [0, 0.1) is 6.92 Å². The van der Waals surface area contributed by atoms with Crippen molar-refractivity contribution in [3.63, 3.8) is 0 Å². The zero-order valence-corrected chi connectivity index (χ0v) is 11.0. The normalized spacial score (nSPS) is 11.7. The van der Waals surface area contributed by atoms with Gasteiger partial charge in [-0.3, -0.25) is 4.79 Å². The number of nitrogens with one attached hydrogen (secondary N) is 1. The third-order valence-corrected chi connectivity index (χ3v) is 2.58. The highest BCUT2D eigenvalue weighted by Crippen LogP contribution is 2.08. The Balaban J connectivity index is 2.96. The molecule has 1 unspecified atom stereocenters. The van der Waals surface area contributed by atoms with Crippen molar-refractivity contribution in [2.45, 2.75) is 32.7 Å². The van der Waals surface area contributed by atoms with Crippen molar-refractivity contribution in [2.75, 3.05) is 0 Å². The summed E-state index contributed by atoms with van der Waals surface area (Å²) in [5, 5.41) is 19.3. The molecule has 1 rings (SSSR count). The molecule has 0 spiro atoms. The molecule has 0 radical (unpaired) electrons. The highest BCUT2D eigenvalue weighted by atomic mass is 16.4. The number of carboxylic acids is 1. The molecule has 1 aromatic heterocycles. The molecule has 0 aliphatic heterocycles. The van der Waals surface area contributed by atoms with Crippen molar-refractivity contribution >= 4 is 11.9 Å². The first-order valence-corrected chi connectivity index (χ1v) is 5.97. The lowest BCUT2D eigenvalue weighted by atomic mass is 10.1. The van der Waals surface area contributed by atoms with Crippen molar-refractivity contribution in [3.05, 3.63) is 35.7 Å². The predicted molar refractivity (Wildman–Crippen MR) is 69.9 cm³/mol. The van der Waals surface area contributed by atoms with Crippen LogP contribution in [0.2, 0.25) is 0 Å². The van der Waals surface area contributed by atoms with Gasteiger partial charge in [-0.25, -0.2) is 4.79 Å². The van der Waals surface area contributed by atoms with E-state index in [0.29, 0.717) is 23.4 Å². The SMILES string of the molecule is C=CCC(NC(=O)c1cc(C)nnc1CC)C(=O)O. The first kappa shape index (κ1) is 14.8. The van der Waals surface area contributed by atoms with Gasteiger partial charge in [0.15, 0.2) is 0 Å². The molecule has 0 bridgehead atoms. The Labute approximate surface area is 111 Å². The molecule has 6 heteroatoms. The average Bonchev–Trinajstić information content (AvgIpc) is 2.37. The summed E-state index contributed by atoms with van der Waals surface area (Å²) in [6, 6.07) is 0.622. The number of aliphatic carboxylic acids is 1. The Morgan fingerprint density at radius 3 is 2.74 bits per heavy atom. The molecule has 0 saturated heterocycles. The van der Waals surface area contributed by atoms with E-state index >= 15 is 0 Å². The quantitative estimate of drug-likeness (QED) is 0.750. The van der Waals surface area contributed by atoms with E-state index in [1.54, 1.807) is 13.0 Å². The second kappa shape index (κ2) is 6.63. The summed E-state index contributed by atoms with van der Waals surface area (Å²) in [5.74, 6) is -1.55. The van der Waals surface area contributed by atoms with E-state index in [0.717, 1.165) is 0 Å². The number of aryl methyl sites for hydroxylation is 2. The minimum Gasteiger partial charge on any atom is -0.480 e. The Kier molecular flexibility index (Phi) is 5.17. The van der Waals surface area contributed by atoms with Gasteiger partial charge >= 0.3 is 5.97 Å². The van der Waals surface area contributed by atoms with Gasteiger partial charge in [-0.2, -0.15) is 10.2 Å². The topological polar surface area (TPSA) is 92.2 Å². The van der Waals surface area contributed by atoms with E-state index in [4.69, 9.17) is 5.11 Å². The van der Waals surface area contributed by atoms with Gasteiger partial charge < -0.3 is 10.4 Å². The fourth-order valence-corrected chi connectivity index (χ4v) is 1.60. The Hall–Kier alpha value is -2.24. The van der Waals surface area contributed by atoms with Gasteiger partial charge in [0.25, 0.3) is 5.91 Å². The monoisotopic (exact) mass is 263 g/mol. The number of aromatic nitrogens is 2. The van der Waals surface area contributed by atoms with Crippen LogP contribution < -0.4 is 5.32 Å². The van der Waals surface area contributed by atoms with E-state index in [1.165, 1.54) is 6.08 Å². The van der Waals surface area contributed by atoms with Crippen molar-refractivity contribution < 1.29 is 14.7 Å².